The van der Waals surface area contributed by atoms with Crippen molar-refractivity contribution < 1.29 is 4.39 Å². The lowest BCUT2D eigenvalue weighted by atomic mass is 10.1. The average molecular weight is 280 g/mol. The first-order valence-electron chi connectivity index (χ1n) is 7.66. The minimum atomic E-state index is -0.115. The zero-order chi connectivity index (χ0) is 15.2. The van der Waals surface area contributed by atoms with Gasteiger partial charge in [-0.1, -0.05) is 25.5 Å². The third-order valence-corrected chi connectivity index (χ3v) is 3.36. The standard InChI is InChI=1S/C17H29FN2/c1-6-8-12-20(7-2)16-14(10-9-11-15(16)18)13-19-17(3,4)5/h9-11,19H,6-8,12-13H2,1-5H3. The van der Waals surface area contributed by atoms with Gasteiger partial charge in [0.15, 0.2) is 0 Å². The van der Waals surface area contributed by atoms with Crippen molar-refractivity contribution in [3.05, 3.63) is 29.6 Å². The molecule has 0 aromatic heterocycles. The third kappa shape index (κ3) is 5.12. The van der Waals surface area contributed by atoms with Crippen molar-refractivity contribution in [2.45, 2.75) is 59.5 Å². The first-order chi connectivity index (χ1) is 9.39. The van der Waals surface area contributed by atoms with Gasteiger partial charge in [-0.3, -0.25) is 0 Å². The molecule has 0 atom stereocenters. The molecule has 0 saturated heterocycles. The van der Waals surface area contributed by atoms with Crippen LogP contribution in [0.2, 0.25) is 0 Å². The van der Waals surface area contributed by atoms with Crippen LogP contribution >= 0.6 is 0 Å². The number of nitrogens with zero attached hydrogens (tertiary/aromatic N) is 1. The molecule has 0 aliphatic heterocycles. The number of benzene rings is 1. The van der Waals surface area contributed by atoms with Crippen molar-refractivity contribution in [1.82, 2.24) is 5.32 Å². The van der Waals surface area contributed by atoms with Gasteiger partial charge in [-0.2, -0.15) is 0 Å². The van der Waals surface area contributed by atoms with Gasteiger partial charge in [-0.25, -0.2) is 4.39 Å². The summed E-state index contributed by atoms with van der Waals surface area (Å²) in [7, 11) is 0. The fourth-order valence-corrected chi connectivity index (χ4v) is 2.19. The predicted octanol–water partition coefficient (Wildman–Crippen LogP) is 4.34. The number of hydrogen-bond acceptors (Lipinski definition) is 2. The number of para-hydroxylation sites is 1. The Kier molecular flexibility index (Phi) is 6.47. The Morgan fingerprint density at radius 1 is 1.20 bits per heavy atom. The maximum atomic E-state index is 14.3. The van der Waals surface area contributed by atoms with Crippen LogP contribution in [0.5, 0.6) is 0 Å². The molecule has 1 rings (SSSR count). The quantitative estimate of drug-likeness (QED) is 0.799. The van der Waals surface area contributed by atoms with E-state index in [1.807, 2.05) is 6.07 Å². The van der Waals surface area contributed by atoms with Gasteiger partial charge in [-0.15, -0.1) is 0 Å². The monoisotopic (exact) mass is 280 g/mol. The van der Waals surface area contributed by atoms with E-state index < -0.39 is 0 Å². The van der Waals surface area contributed by atoms with E-state index in [4.69, 9.17) is 0 Å². The van der Waals surface area contributed by atoms with Gasteiger partial charge in [0.25, 0.3) is 0 Å². The zero-order valence-electron chi connectivity index (χ0n) is 13.6. The Morgan fingerprint density at radius 2 is 1.90 bits per heavy atom. The van der Waals surface area contributed by atoms with Crippen LogP contribution in [0.25, 0.3) is 0 Å². The summed E-state index contributed by atoms with van der Waals surface area (Å²) in [6.45, 7) is 13.1. The molecule has 0 heterocycles. The van der Waals surface area contributed by atoms with Crippen molar-refractivity contribution >= 4 is 5.69 Å². The molecule has 0 bridgehead atoms. The molecule has 114 valence electrons. The Balaban J connectivity index is 2.97. The molecular weight excluding hydrogens is 251 g/mol. The molecule has 0 radical (unpaired) electrons. The molecule has 0 amide bonds. The Bertz CT molecular complexity index is 410. The van der Waals surface area contributed by atoms with Crippen LogP contribution in [-0.4, -0.2) is 18.6 Å². The number of rotatable bonds is 7. The first-order valence-corrected chi connectivity index (χ1v) is 7.66. The molecule has 0 aliphatic rings. The van der Waals surface area contributed by atoms with Gasteiger partial charge >= 0.3 is 0 Å². The highest BCUT2D eigenvalue weighted by Gasteiger charge is 2.16. The van der Waals surface area contributed by atoms with Crippen molar-refractivity contribution in [2.24, 2.45) is 0 Å². The van der Waals surface area contributed by atoms with Crippen LogP contribution in [0.1, 0.15) is 53.0 Å². The van der Waals surface area contributed by atoms with E-state index in [0.29, 0.717) is 6.54 Å². The summed E-state index contributed by atoms with van der Waals surface area (Å²) in [5.41, 5.74) is 1.84. The SMILES string of the molecule is CCCCN(CC)c1c(F)cccc1CNC(C)(C)C. The number of nitrogens with one attached hydrogen (secondary N) is 1. The van der Waals surface area contributed by atoms with Crippen LogP contribution in [0, 0.1) is 5.82 Å². The molecule has 1 N–H and O–H groups in total. The predicted molar refractivity (Wildman–Crippen MR) is 85.8 cm³/mol. The second kappa shape index (κ2) is 7.63. The van der Waals surface area contributed by atoms with Crippen molar-refractivity contribution in [3.8, 4) is 0 Å². The van der Waals surface area contributed by atoms with Gasteiger partial charge in [-0.05, 0) is 45.7 Å². The second-order valence-corrected chi connectivity index (χ2v) is 6.28. The minimum Gasteiger partial charge on any atom is -0.369 e. The highest BCUT2D eigenvalue weighted by atomic mass is 19.1. The normalized spacial score (nSPS) is 11.7. The minimum absolute atomic E-state index is 0.0318. The largest absolute Gasteiger partial charge is 0.369 e. The van der Waals surface area contributed by atoms with Gasteiger partial charge < -0.3 is 10.2 Å². The fourth-order valence-electron chi connectivity index (χ4n) is 2.19. The maximum absolute atomic E-state index is 14.3. The van der Waals surface area contributed by atoms with E-state index in [9.17, 15) is 4.39 Å². The molecule has 3 heteroatoms. The smallest absolute Gasteiger partial charge is 0.146 e. The summed E-state index contributed by atoms with van der Waals surface area (Å²) in [6, 6.07) is 5.38. The van der Waals surface area contributed by atoms with E-state index in [1.165, 1.54) is 0 Å². The lowest BCUT2D eigenvalue weighted by molar-refractivity contribution is 0.423. The Labute approximate surface area is 123 Å². The summed E-state index contributed by atoms with van der Waals surface area (Å²) in [4.78, 5) is 2.15. The fraction of sp³-hybridized carbons (Fsp3) is 0.647. The molecule has 2 nitrogen and oxygen atoms in total. The molecule has 0 fully saturated rings. The van der Waals surface area contributed by atoms with E-state index in [1.54, 1.807) is 12.1 Å². The number of unbranched alkanes of at least 4 members (excludes halogenated alkanes) is 1. The summed E-state index contributed by atoms with van der Waals surface area (Å²) < 4.78 is 14.3. The molecule has 0 aliphatic carbocycles. The molecule has 20 heavy (non-hydrogen) atoms. The lowest BCUT2D eigenvalue weighted by Crippen LogP contribution is -2.36. The van der Waals surface area contributed by atoms with Crippen molar-refractivity contribution in [3.63, 3.8) is 0 Å². The number of halogens is 1. The molecule has 0 unspecified atom stereocenters. The van der Waals surface area contributed by atoms with E-state index >= 15 is 0 Å². The number of anilines is 1. The molecule has 0 saturated carbocycles. The first kappa shape index (κ1) is 17.0. The summed E-state index contributed by atoms with van der Waals surface area (Å²) in [6.07, 6.45) is 2.22. The molecule has 1 aromatic carbocycles. The van der Waals surface area contributed by atoms with Gasteiger partial charge in [0.1, 0.15) is 5.82 Å². The molecule has 0 spiro atoms. The summed E-state index contributed by atoms with van der Waals surface area (Å²) in [5, 5.41) is 3.45. The lowest BCUT2D eigenvalue weighted by Gasteiger charge is -2.28. The summed E-state index contributed by atoms with van der Waals surface area (Å²) in [5.74, 6) is -0.115. The van der Waals surface area contributed by atoms with Crippen LogP contribution in [-0.2, 0) is 6.54 Å². The maximum Gasteiger partial charge on any atom is 0.146 e. The third-order valence-electron chi connectivity index (χ3n) is 3.36. The van der Waals surface area contributed by atoms with Crippen molar-refractivity contribution in [2.75, 3.05) is 18.0 Å². The highest BCUT2D eigenvalue weighted by Crippen LogP contribution is 2.25. The highest BCUT2D eigenvalue weighted by molar-refractivity contribution is 5.55. The molecular formula is C17H29FN2. The van der Waals surface area contributed by atoms with E-state index in [2.05, 4.69) is 44.8 Å². The zero-order valence-corrected chi connectivity index (χ0v) is 13.6. The molecule has 1 aromatic rings. The topological polar surface area (TPSA) is 15.3 Å². The Hall–Kier alpha value is -1.09. The van der Waals surface area contributed by atoms with E-state index in [-0.39, 0.29) is 11.4 Å². The van der Waals surface area contributed by atoms with Crippen LogP contribution in [0.4, 0.5) is 10.1 Å². The average Bonchev–Trinajstić information content (AvgIpc) is 2.38. The van der Waals surface area contributed by atoms with Crippen molar-refractivity contribution in [1.29, 1.82) is 0 Å². The van der Waals surface area contributed by atoms with Gasteiger partial charge in [0.2, 0.25) is 0 Å². The Morgan fingerprint density at radius 3 is 2.45 bits per heavy atom. The number of hydrogen-bond donors (Lipinski definition) is 1. The van der Waals surface area contributed by atoms with E-state index in [0.717, 1.165) is 37.2 Å². The second-order valence-electron chi connectivity index (χ2n) is 6.28. The summed E-state index contributed by atoms with van der Waals surface area (Å²) >= 11 is 0. The van der Waals surface area contributed by atoms with Crippen LogP contribution in [0.15, 0.2) is 18.2 Å². The van der Waals surface area contributed by atoms with Crippen LogP contribution in [0.3, 0.4) is 0 Å². The van der Waals surface area contributed by atoms with Crippen LogP contribution < -0.4 is 10.2 Å². The van der Waals surface area contributed by atoms with Gasteiger partial charge in [0.05, 0.1) is 5.69 Å². The van der Waals surface area contributed by atoms with Gasteiger partial charge in [0, 0.05) is 25.2 Å².